The second-order valence-electron chi connectivity index (χ2n) is 7.26. The minimum atomic E-state index is -1.07. The Hall–Kier alpha value is -2.97. The van der Waals surface area contributed by atoms with E-state index >= 15 is 0 Å². The smallest absolute Gasteiger partial charge is 0.260 e. The molecular formula is C22H23FN2O5. The highest BCUT2D eigenvalue weighted by Crippen LogP contribution is 2.26. The van der Waals surface area contributed by atoms with Crippen LogP contribution >= 0.6 is 0 Å². The largest absolute Gasteiger partial charge is 0.484 e. The van der Waals surface area contributed by atoms with Crippen LogP contribution in [0.25, 0.3) is 0 Å². The van der Waals surface area contributed by atoms with Gasteiger partial charge < -0.3 is 24.0 Å². The number of carbonyl (C=O) groups is 2. The van der Waals surface area contributed by atoms with E-state index in [1.54, 1.807) is 21.9 Å². The first-order chi connectivity index (χ1) is 14.5. The third-order valence-corrected chi connectivity index (χ3v) is 5.15. The van der Waals surface area contributed by atoms with Crippen molar-refractivity contribution in [3.63, 3.8) is 0 Å². The van der Waals surface area contributed by atoms with E-state index in [1.165, 1.54) is 24.3 Å². The first-order valence-corrected chi connectivity index (χ1v) is 9.83. The molecule has 0 aromatic heterocycles. The molecule has 7 nitrogen and oxygen atoms in total. The molecule has 1 unspecified atom stereocenters. The maximum absolute atomic E-state index is 13.2. The summed E-state index contributed by atoms with van der Waals surface area (Å²) in [7, 11) is 0. The lowest BCUT2D eigenvalue weighted by molar-refractivity contribution is -0.284. The highest BCUT2D eigenvalue weighted by atomic mass is 19.1. The van der Waals surface area contributed by atoms with Crippen LogP contribution in [-0.4, -0.2) is 73.4 Å². The maximum atomic E-state index is 13.2. The van der Waals surface area contributed by atoms with Crippen LogP contribution < -0.4 is 4.74 Å². The minimum absolute atomic E-state index is 0.0850. The zero-order valence-electron chi connectivity index (χ0n) is 16.5. The molecule has 8 heteroatoms. The molecule has 2 aliphatic rings. The monoisotopic (exact) mass is 414 g/mol. The van der Waals surface area contributed by atoms with Crippen molar-refractivity contribution in [3.8, 4) is 5.75 Å². The number of para-hydroxylation sites is 1. The summed E-state index contributed by atoms with van der Waals surface area (Å²) in [6, 6.07) is 14.6. The van der Waals surface area contributed by atoms with Gasteiger partial charge in [-0.05, 0) is 36.4 Å². The van der Waals surface area contributed by atoms with Gasteiger partial charge in [-0.15, -0.1) is 0 Å². The molecular weight excluding hydrogens is 391 g/mol. The summed E-state index contributed by atoms with van der Waals surface area (Å²) in [6.45, 7) is 1.72. The van der Waals surface area contributed by atoms with Crippen molar-refractivity contribution in [2.24, 2.45) is 0 Å². The van der Waals surface area contributed by atoms with Crippen LogP contribution in [0.2, 0.25) is 0 Å². The van der Waals surface area contributed by atoms with Gasteiger partial charge in [-0.25, -0.2) is 4.39 Å². The Morgan fingerprint density at radius 2 is 1.57 bits per heavy atom. The Labute approximate surface area is 173 Å². The molecule has 2 aliphatic heterocycles. The minimum Gasteiger partial charge on any atom is -0.484 e. The van der Waals surface area contributed by atoms with E-state index in [0.29, 0.717) is 31.0 Å². The predicted octanol–water partition coefficient (Wildman–Crippen LogP) is 1.93. The SMILES string of the molecule is O=C(COc1ccccc1)N1CCOC2(C1)CN(C(=O)c1ccc(F)cc1)CCO2. The Morgan fingerprint density at radius 1 is 0.933 bits per heavy atom. The van der Waals surface area contributed by atoms with E-state index in [1.807, 2.05) is 18.2 Å². The topological polar surface area (TPSA) is 68.3 Å². The van der Waals surface area contributed by atoms with Crippen molar-refractivity contribution in [1.82, 2.24) is 9.80 Å². The number of halogens is 1. The lowest BCUT2D eigenvalue weighted by Crippen LogP contribution is -2.64. The molecule has 2 aromatic carbocycles. The van der Waals surface area contributed by atoms with Crippen molar-refractivity contribution in [1.29, 1.82) is 0 Å². The van der Waals surface area contributed by atoms with Crippen molar-refractivity contribution >= 4 is 11.8 Å². The molecule has 0 bridgehead atoms. The Kier molecular flexibility index (Phi) is 5.96. The molecule has 2 fully saturated rings. The highest BCUT2D eigenvalue weighted by molar-refractivity contribution is 5.94. The number of hydrogen-bond donors (Lipinski definition) is 0. The average molecular weight is 414 g/mol. The van der Waals surface area contributed by atoms with Crippen molar-refractivity contribution in [3.05, 3.63) is 66.0 Å². The highest BCUT2D eigenvalue weighted by Gasteiger charge is 2.44. The zero-order chi connectivity index (χ0) is 21.0. The third-order valence-electron chi connectivity index (χ3n) is 5.15. The lowest BCUT2D eigenvalue weighted by atomic mass is 10.1. The number of carbonyl (C=O) groups excluding carboxylic acids is 2. The van der Waals surface area contributed by atoms with Gasteiger partial charge in [0.2, 0.25) is 5.79 Å². The number of hydrogen-bond acceptors (Lipinski definition) is 5. The number of nitrogens with zero attached hydrogens (tertiary/aromatic N) is 2. The summed E-state index contributed by atoms with van der Waals surface area (Å²) in [5, 5.41) is 0. The molecule has 0 aliphatic carbocycles. The van der Waals surface area contributed by atoms with Crippen molar-refractivity contribution in [2.45, 2.75) is 5.79 Å². The van der Waals surface area contributed by atoms with Gasteiger partial charge in [0.05, 0.1) is 26.3 Å². The molecule has 0 radical (unpaired) electrons. The molecule has 2 saturated heterocycles. The van der Waals surface area contributed by atoms with E-state index < -0.39 is 11.6 Å². The molecule has 2 aromatic rings. The lowest BCUT2D eigenvalue weighted by Gasteiger charge is -2.47. The van der Waals surface area contributed by atoms with E-state index in [4.69, 9.17) is 14.2 Å². The summed E-state index contributed by atoms with van der Waals surface area (Å²) in [6.07, 6.45) is 0. The van der Waals surface area contributed by atoms with Gasteiger partial charge in [0.1, 0.15) is 11.6 Å². The Balaban J connectivity index is 1.38. The van der Waals surface area contributed by atoms with E-state index in [9.17, 15) is 14.0 Å². The predicted molar refractivity (Wildman–Crippen MR) is 105 cm³/mol. The second kappa shape index (κ2) is 8.81. The molecule has 4 rings (SSSR count). The molecule has 0 N–H and O–H groups in total. The normalized spacial score (nSPS) is 21.5. The van der Waals surface area contributed by atoms with Gasteiger partial charge in [-0.2, -0.15) is 0 Å². The molecule has 2 amide bonds. The fourth-order valence-corrected chi connectivity index (χ4v) is 3.61. The Bertz CT molecular complexity index is 888. The fourth-order valence-electron chi connectivity index (χ4n) is 3.61. The van der Waals surface area contributed by atoms with Gasteiger partial charge in [-0.1, -0.05) is 18.2 Å². The van der Waals surface area contributed by atoms with Crippen LogP contribution in [0.1, 0.15) is 10.4 Å². The zero-order valence-corrected chi connectivity index (χ0v) is 16.5. The quantitative estimate of drug-likeness (QED) is 0.765. The summed E-state index contributed by atoms with van der Waals surface area (Å²) >= 11 is 0. The van der Waals surface area contributed by atoms with Gasteiger partial charge in [-0.3, -0.25) is 9.59 Å². The molecule has 2 heterocycles. The van der Waals surface area contributed by atoms with Crippen molar-refractivity contribution in [2.75, 3.05) is 46.0 Å². The second-order valence-corrected chi connectivity index (χ2v) is 7.26. The third kappa shape index (κ3) is 4.60. The van der Waals surface area contributed by atoms with E-state index in [-0.39, 0.29) is 38.1 Å². The number of amides is 2. The van der Waals surface area contributed by atoms with Crippen LogP contribution in [0, 0.1) is 5.82 Å². The Morgan fingerprint density at radius 3 is 2.27 bits per heavy atom. The number of morpholine rings is 2. The maximum Gasteiger partial charge on any atom is 0.260 e. The van der Waals surface area contributed by atoms with Crippen LogP contribution in [0.4, 0.5) is 4.39 Å². The van der Waals surface area contributed by atoms with Crippen LogP contribution in [0.3, 0.4) is 0 Å². The molecule has 1 spiro atoms. The first-order valence-electron chi connectivity index (χ1n) is 9.83. The van der Waals surface area contributed by atoms with Gasteiger partial charge >= 0.3 is 0 Å². The molecule has 1 atom stereocenters. The van der Waals surface area contributed by atoms with Crippen LogP contribution in [0.5, 0.6) is 5.75 Å². The fraction of sp³-hybridized carbons (Fsp3) is 0.364. The molecule has 0 saturated carbocycles. The number of rotatable bonds is 4. The molecule has 30 heavy (non-hydrogen) atoms. The summed E-state index contributed by atoms with van der Waals surface area (Å²) in [5.41, 5.74) is 0.397. The first kappa shape index (κ1) is 20.3. The summed E-state index contributed by atoms with van der Waals surface area (Å²) < 4.78 is 30.5. The molecule has 158 valence electrons. The number of ether oxygens (including phenoxy) is 3. The average Bonchev–Trinajstić information content (AvgIpc) is 2.78. The van der Waals surface area contributed by atoms with Crippen molar-refractivity contribution < 1.29 is 28.2 Å². The van der Waals surface area contributed by atoms with Gasteiger partial charge in [0.25, 0.3) is 11.8 Å². The van der Waals surface area contributed by atoms with E-state index in [2.05, 4.69) is 0 Å². The number of benzene rings is 2. The summed E-state index contributed by atoms with van der Waals surface area (Å²) in [5.74, 6) is -1.25. The summed E-state index contributed by atoms with van der Waals surface area (Å²) in [4.78, 5) is 28.7. The van der Waals surface area contributed by atoms with Crippen LogP contribution in [-0.2, 0) is 14.3 Å². The van der Waals surface area contributed by atoms with Crippen LogP contribution in [0.15, 0.2) is 54.6 Å². The van der Waals surface area contributed by atoms with Gasteiger partial charge in [0, 0.05) is 18.7 Å². The standard InChI is InChI=1S/C22H23FN2O5/c23-18-8-6-17(7-9-18)21(27)25-11-13-30-22(16-25)15-24(10-12-29-22)20(26)14-28-19-4-2-1-3-5-19/h1-9H,10-16H2. The van der Waals surface area contributed by atoms with Gasteiger partial charge in [0.15, 0.2) is 6.61 Å². The van der Waals surface area contributed by atoms with E-state index in [0.717, 1.165) is 0 Å².